The molecular weight excluding hydrogens is 248 g/mol. The molecule has 6 nitrogen and oxygen atoms in total. The number of nitrogens with zero attached hydrogens (tertiary/aromatic N) is 1. The molecule has 1 saturated heterocycles. The van der Waals surface area contributed by atoms with Gasteiger partial charge < -0.3 is 20.1 Å². The molecule has 1 unspecified atom stereocenters. The minimum Gasteiger partial charge on any atom is -0.481 e. The molecule has 2 amide bonds. The molecule has 1 aliphatic heterocycles. The standard InChI is InChI=1S/C13H22N2O4/c1-3-19-10-6-9(7-10)14-12(18)15-5-4-13(2,8-15)11(16)17/h9-10H,3-8H2,1-2H3,(H,14,18)(H,16,17). The fourth-order valence-corrected chi connectivity index (χ4v) is 2.63. The van der Waals surface area contributed by atoms with Crippen LogP contribution in [0.3, 0.4) is 0 Å². The smallest absolute Gasteiger partial charge is 0.317 e. The molecule has 0 aromatic rings. The number of likely N-dealkylation sites (tertiary alicyclic amines) is 1. The van der Waals surface area contributed by atoms with Crippen LogP contribution in [0.15, 0.2) is 0 Å². The van der Waals surface area contributed by atoms with E-state index in [-0.39, 0.29) is 24.7 Å². The molecular formula is C13H22N2O4. The summed E-state index contributed by atoms with van der Waals surface area (Å²) in [4.78, 5) is 24.7. The largest absolute Gasteiger partial charge is 0.481 e. The molecule has 2 fully saturated rings. The highest BCUT2D eigenvalue weighted by molar-refractivity contribution is 5.79. The quantitative estimate of drug-likeness (QED) is 0.800. The number of carboxylic acid groups (broad SMARTS) is 1. The van der Waals surface area contributed by atoms with Crippen LogP contribution in [0, 0.1) is 5.41 Å². The molecule has 2 rings (SSSR count). The highest BCUT2D eigenvalue weighted by Crippen LogP contribution is 2.30. The summed E-state index contributed by atoms with van der Waals surface area (Å²) >= 11 is 0. The molecule has 6 heteroatoms. The first-order valence-electron chi connectivity index (χ1n) is 6.85. The van der Waals surface area contributed by atoms with Crippen molar-refractivity contribution in [1.82, 2.24) is 10.2 Å². The molecule has 0 bridgehead atoms. The number of carbonyl (C=O) groups excluding carboxylic acids is 1. The number of ether oxygens (including phenoxy) is 1. The number of carboxylic acids is 1. The minimum absolute atomic E-state index is 0.148. The molecule has 0 radical (unpaired) electrons. The maximum Gasteiger partial charge on any atom is 0.317 e. The molecule has 2 aliphatic rings. The van der Waals surface area contributed by atoms with Crippen LogP contribution in [0.5, 0.6) is 0 Å². The molecule has 19 heavy (non-hydrogen) atoms. The van der Waals surface area contributed by atoms with Crippen molar-refractivity contribution in [3.8, 4) is 0 Å². The van der Waals surface area contributed by atoms with Crippen molar-refractivity contribution in [2.45, 2.75) is 45.3 Å². The number of carbonyl (C=O) groups is 2. The highest BCUT2D eigenvalue weighted by Gasteiger charge is 2.43. The van der Waals surface area contributed by atoms with Gasteiger partial charge in [0.05, 0.1) is 11.5 Å². The lowest BCUT2D eigenvalue weighted by Crippen LogP contribution is -2.52. The van der Waals surface area contributed by atoms with Gasteiger partial charge in [-0.05, 0) is 33.1 Å². The fourth-order valence-electron chi connectivity index (χ4n) is 2.63. The van der Waals surface area contributed by atoms with E-state index in [1.165, 1.54) is 0 Å². The minimum atomic E-state index is -0.831. The number of rotatable bonds is 4. The van der Waals surface area contributed by atoms with Crippen molar-refractivity contribution >= 4 is 12.0 Å². The van der Waals surface area contributed by atoms with E-state index >= 15 is 0 Å². The molecule has 0 spiro atoms. The number of hydrogen-bond donors (Lipinski definition) is 2. The Hall–Kier alpha value is -1.30. The summed E-state index contributed by atoms with van der Waals surface area (Å²) in [5.74, 6) is -0.831. The topological polar surface area (TPSA) is 78.9 Å². The van der Waals surface area contributed by atoms with Gasteiger partial charge in [-0.25, -0.2) is 4.79 Å². The van der Waals surface area contributed by atoms with Gasteiger partial charge in [-0.15, -0.1) is 0 Å². The molecule has 1 saturated carbocycles. The van der Waals surface area contributed by atoms with Crippen LogP contribution < -0.4 is 5.32 Å². The van der Waals surface area contributed by atoms with Gasteiger partial charge in [0.1, 0.15) is 0 Å². The Bertz CT molecular complexity index is 368. The Morgan fingerprint density at radius 3 is 2.68 bits per heavy atom. The molecule has 0 aromatic heterocycles. The third-order valence-corrected chi connectivity index (χ3v) is 4.10. The van der Waals surface area contributed by atoms with Crippen LogP contribution in [-0.4, -0.2) is 53.8 Å². The summed E-state index contributed by atoms with van der Waals surface area (Å²) in [6.07, 6.45) is 2.48. The highest BCUT2D eigenvalue weighted by atomic mass is 16.5. The molecule has 1 atom stereocenters. The zero-order chi connectivity index (χ0) is 14.0. The summed E-state index contributed by atoms with van der Waals surface area (Å²) < 4.78 is 5.44. The van der Waals surface area contributed by atoms with Crippen LogP contribution in [0.4, 0.5) is 4.79 Å². The molecule has 108 valence electrons. The lowest BCUT2D eigenvalue weighted by Gasteiger charge is -2.36. The van der Waals surface area contributed by atoms with Crippen molar-refractivity contribution in [1.29, 1.82) is 0 Å². The van der Waals surface area contributed by atoms with E-state index in [0.29, 0.717) is 19.6 Å². The van der Waals surface area contributed by atoms with E-state index in [1.54, 1.807) is 11.8 Å². The summed E-state index contributed by atoms with van der Waals surface area (Å²) in [5, 5.41) is 12.1. The second-order valence-corrected chi connectivity index (χ2v) is 5.73. The Kier molecular flexibility index (Phi) is 3.99. The van der Waals surface area contributed by atoms with Crippen LogP contribution in [0.2, 0.25) is 0 Å². The zero-order valence-corrected chi connectivity index (χ0v) is 11.5. The van der Waals surface area contributed by atoms with E-state index in [4.69, 9.17) is 9.84 Å². The fraction of sp³-hybridized carbons (Fsp3) is 0.846. The monoisotopic (exact) mass is 270 g/mol. The van der Waals surface area contributed by atoms with Crippen LogP contribution in [-0.2, 0) is 9.53 Å². The van der Waals surface area contributed by atoms with Gasteiger partial charge in [-0.2, -0.15) is 0 Å². The second-order valence-electron chi connectivity index (χ2n) is 5.73. The van der Waals surface area contributed by atoms with Crippen molar-refractivity contribution in [3.05, 3.63) is 0 Å². The van der Waals surface area contributed by atoms with E-state index in [1.807, 2.05) is 6.92 Å². The summed E-state index contributed by atoms with van der Waals surface area (Å²) in [7, 11) is 0. The van der Waals surface area contributed by atoms with Crippen LogP contribution >= 0.6 is 0 Å². The second kappa shape index (κ2) is 5.36. The van der Waals surface area contributed by atoms with Crippen molar-refractivity contribution < 1.29 is 19.4 Å². The van der Waals surface area contributed by atoms with E-state index in [2.05, 4.69) is 5.32 Å². The summed E-state index contributed by atoms with van der Waals surface area (Å²) in [6.45, 7) is 5.15. The molecule has 1 aliphatic carbocycles. The summed E-state index contributed by atoms with van der Waals surface area (Å²) in [5.41, 5.74) is -0.801. The zero-order valence-electron chi connectivity index (χ0n) is 11.5. The Morgan fingerprint density at radius 2 is 2.16 bits per heavy atom. The first kappa shape index (κ1) is 14.1. The Morgan fingerprint density at radius 1 is 1.47 bits per heavy atom. The SMILES string of the molecule is CCOC1CC(NC(=O)N2CCC(C)(C(=O)O)C2)C1. The predicted molar refractivity (Wildman–Crippen MR) is 68.9 cm³/mol. The third-order valence-electron chi connectivity index (χ3n) is 4.10. The molecule has 0 aromatic carbocycles. The number of amides is 2. The first-order chi connectivity index (χ1) is 8.94. The normalized spacial score (nSPS) is 33.9. The molecule has 1 heterocycles. The average Bonchev–Trinajstić information content (AvgIpc) is 2.70. The van der Waals surface area contributed by atoms with Gasteiger partial charge in [-0.1, -0.05) is 0 Å². The van der Waals surface area contributed by atoms with Crippen molar-refractivity contribution in [2.24, 2.45) is 5.41 Å². The maximum absolute atomic E-state index is 12.0. The lowest BCUT2D eigenvalue weighted by atomic mass is 9.89. The van der Waals surface area contributed by atoms with Gasteiger partial charge in [0.15, 0.2) is 0 Å². The van der Waals surface area contributed by atoms with Gasteiger partial charge in [-0.3, -0.25) is 4.79 Å². The Labute approximate surface area is 113 Å². The van der Waals surface area contributed by atoms with Crippen molar-refractivity contribution in [3.63, 3.8) is 0 Å². The van der Waals surface area contributed by atoms with E-state index < -0.39 is 11.4 Å². The summed E-state index contributed by atoms with van der Waals surface area (Å²) in [6, 6.07) is 0.0191. The number of hydrogen-bond acceptors (Lipinski definition) is 3. The number of nitrogens with one attached hydrogen (secondary N) is 1. The van der Waals surface area contributed by atoms with Crippen LogP contribution in [0.25, 0.3) is 0 Å². The average molecular weight is 270 g/mol. The van der Waals surface area contributed by atoms with Crippen LogP contribution in [0.1, 0.15) is 33.1 Å². The maximum atomic E-state index is 12.0. The van der Waals surface area contributed by atoms with E-state index in [9.17, 15) is 9.59 Å². The van der Waals surface area contributed by atoms with Gasteiger partial charge in [0, 0.05) is 25.7 Å². The third kappa shape index (κ3) is 3.00. The number of aliphatic carboxylic acids is 1. The Balaban J connectivity index is 1.75. The van der Waals surface area contributed by atoms with Gasteiger partial charge >= 0.3 is 12.0 Å². The first-order valence-corrected chi connectivity index (χ1v) is 6.85. The number of urea groups is 1. The predicted octanol–water partition coefficient (Wildman–Crippen LogP) is 1.06. The lowest BCUT2D eigenvalue weighted by molar-refractivity contribution is -0.146. The molecule has 2 N–H and O–H groups in total. The van der Waals surface area contributed by atoms with Crippen molar-refractivity contribution in [2.75, 3.05) is 19.7 Å². The van der Waals surface area contributed by atoms with Gasteiger partial charge in [0.2, 0.25) is 0 Å². The van der Waals surface area contributed by atoms with Gasteiger partial charge in [0.25, 0.3) is 0 Å². The van der Waals surface area contributed by atoms with E-state index in [0.717, 1.165) is 12.8 Å².